The Labute approximate surface area is 251 Å². The second-order valence-electron chi connectivity index (χ2n) is 9.86. The minimum atomic E-state index is -0.345. The average Bonchev–Trinajstić information content (AvgIpc) is 3.42. The summed E-state index contributed by atoms with van der Waals surface area (Å²) in [5.74, 6) is 0.374. The number of hydrogen-bond donors (Lipinski definition) is 3. The molecule has 3 aromatic rings. The van der Waals surface area contributed by atoms with E-state index >= 15 is 0 Å². The summed E-state index contributed by atoms with van der Waals surface area (Å²) in [6.07, 6.45) is 3.33. The van der Waals surface area contributed by atoms with E-state index in [1.54, 1.807) is 11.3 Å². The van der Waals surface area contributed by atoms with E-state index in [0.29, 0.717) is 65.6 Å². The number of aryl methyl sites for hydroxylation is 2. The number of hydrogen-bond acceptors (Lipinski definition) is 9. The van der Waals surface area contributed by atoms with Crippen molar-refractivity contribution in [2.45, 2.75) is 51.8 Å². The lowest BCUT2D eigenvalue weighted by Crippen LogP contribution is -2.28. The smallest absolute Gasteiger partial charge is 0.217 e. The number of nitrogens with one attached hydrogen (secondary N) is 1. The zero-order chi connectivity index (χ0) is 30.0. The number of nitrogens with zero attached hydrogens (tertiary/aromatic N) is 1. The van der Waals surface area contributed by atoms with Gasteiger partial charge >= 0.3 is 0 Å². The van der Waals surface area contributed by atoms with Gasteiger partial charge in [0.2, 0.25) is 12.3 Å². The molecule has 1 heterocycles. The number of rotatable bonds is 22. The third kappa shape index (κ3) is 12.3. The summed E-state index contributed by atoms with van der Waals surface area (Å²) in [5, 5.41) is 2.70. The predicted molar refractivity (Wildman–Crippen MR) is 163 cm³/mol. The zero-order valence-corrected chi connectivity index (χ0v) is 25.0. The van der Waals surface area contributed by atoms with Crippen LogP contribution in [0, 0.1) is 6.92 Å². The molecule has 42 heavy (non-hydrogen) atoms. The van der Waals surface area contributed by atoms with Crippen molar-refractivity contribution in [2.24, 2.45) is 11.5 Å². The standard InChI is InChI=1S/C31H42N4O6S/c1-23-31(42-22-35-23)26-8-9-27(18-34-21-36)29(17-26)41-16-15-39-14-13-38-12-2-3-24-4-6-25(7-5-24)19-40-20-28(32)10-11-30(33)37/h4-9,17,21-22,28H,2-3,10-16,18-20,32H2,1H3,(H2,33,37)(H,34,36). The van der Waals surface area contributed by atoms with Crippen molar-refractivity contribution < 1.29 is 28.5 Å². The van der Waals surface area contributed by atoms with Gasteiger partial charge in [-0.05, 0) is 48.9 Å². The van der Waals surface area contributed by atoms with Crippen LogP contribution >= 0.6 is 11.3 Å². The number of aromatic nitrogens is 1. The molecule has 0 aliphatic rings. The van der Waals surface area contributed by atoms with Crippen LogP contribution in [0.25, 0.3) is 10.4 Å². The number of amides is 2. The summed E-state index contributed by atoms with van der Waals surface area (Å²) >= 11 is 1.59. The van der Waals surface area contributed by atoms with Gasteiger partial charge in [0, 0.05) is 31.2 Å². The molecule has 2 aromatic carbocycles. The van der Waals surface area contributed by atoms with E-state index in [0.717, 1.165) is 45.9 Å². The van der Waals surface area contributed by atoms with Crippen LogP contribution in [0.3, 0.4) is 0 Å². The van der Waals surface area contributed by atoms with E-state index in [2.05, 4.69) is 34.6 Å². The Bertz CT molecular complexity index is 1220. The third-order valence-electron chi connectivity index (χ3n) is 6.45. The maximum absolute atomic E-state index is 10.8. The van der Waals surface area contributed by atoms with Crippen LogP contribution in [-0.4, -0.2) is 63.0 Å². The number of carbonyl (C=O) groups is 2. The Kier molecular flexibility index (Phi) is 15.0. The second kappa shape index (κ2) is 19.0. The minimum absolute atomic E-state index is 0.191. The number of benzene rings is 2. The van der Waals surface area contributed by atoms with Gasteiger partial charge in [-0.15, -0.1) is 11.3 Å². The van der Waals surface area contributed by atoms with Crippen molar-refractivity contribution in [3.63, 3.8) is 0 Å². The molecule has 5 N–H and O–H groups in total. The molecular formula is C31H42N4O6S. The number of ether oxygens (including phenoxy) is 4. The highest BCUT2D eigenvalue weighted by Crippen LogP contribution is 2.32. The summed E-state index contributed by atoms with van der Waals surface area (Å²) in [4.78, 5) is 27.0. The van der Waals surface area contributed by atoms with Crippen LogP contribution in [0.1, 0.15) is 41.6 Å². The fourth-order valence-electron chi connectivity index (χ4n) is 4.16. The Hall–Kier alpha value is -3.35. The van der Waals surface area contributed by atoms with Gasteiger partial charge in [0.15, 0.2) is 0 Å². The lowest BCUT2D eigenvalue weighted by atomic mass is 10.1. The van der Waals surface area contributed by atoms with Crippen molar-refractivity contribution in [3.8, 4) is 16.2 Å². The summed E-state index contributed by atoms with van der Waals surface area (Å²) in [6, 6.07) is 14.1. The molecule has 10 nitrogen and oxygen atoms in total. The first-order valence-electron chi connectivity index (χ1n) is 14.1. The second-order valence-corrected chi connectivity index (χ2v) is 10.7. The number of thiazole rings is 1. The van der Waals surface area contributed by atoms with Crippen molar-refractivity contribution >= 4 is 23.7 Å². The van der Waals surface area contributed by atoms with Crippen molar-refractivity contribution in [3.05, 3.63) is 70.4 Å². The van der Waals surface area contributed by atoms with Gasteiger partial charge in [0.25, 0.3) is 0 Å². The lowest BCUT2D eigenvalue weighted by Gasteiger charge is -2.13. The van der Waals surface area contributed by atoms with E-state index < -0.39 is 0 Å². The SMILES string of the molecule is Cc1ncsc1-c1ccc(CNC=O)c(OCCOCCOCCCc2ccc(COCC(N)CCC(N)=O)cc2)c1. The topological polar surface area (TPSA) is 148 Å². The van der Waals surface area contributed by atoms with Gasteiger partial charge in [-0.1, -0.05) is 36.4 Å². The first-order valence-corrected chi connectivity index (χ1v) is 15.0. The van der Waals surface area contributed by atoms with E-state index in [1.807, 2.05) is 30.6 Å². The first kappa shape index (κ1) is 33.2. The molecule has 11 heteroatoms. The van der Waals surface area contributed by atoms with Gasteiger partial charge in [0.05, 0.1) is 49.1 Å². The molecule has 2 amide bonds. The molecule has 228 valence electrons. The Morgan fingerprint density at radius 1 is 1.02 bits per heavy atom. The highest BCUT2D eigenvalue weighted by Gasteiger charge is 2.10. The van der Waals surface area contributed by atoms with Crippen molar-refractivity contribution in [2.75, 3.05) is 39.6 Å². The van der Waals surface area contributed by atoms with Gasteiger partial charge in [-0.25, -0.2) is 4.98 Å². The van der Waals surface area contributed by atoms with E-state index in [4.69, 9.17) is 30.4 Å². The monoisotopic (exact) mass is 598 g/mol. The zero-order valence-electron chi connectivity index (χ0n) is 24.2. The van der Waals surface area contributed by atoms with Gasteiger partial charge in [-0.3, -0.25) is 9.59 Å². The third-order valence-corrected chi connectivity index (χ3v) is 7.42. The van der Waals surface area contributed by atoms with E-state index in [-0.39, 0.29) is 18.4 Å². The fraction of sp³-hybridized carbons (Fsp3) is 0.452. The summed E-state index contributed by atoms with van der Waals surface area (Å²) in [5.41, 5.74) is 18.1. The summed E-state index contributed by atoms with van der Waals surface area (Å²) < 4.78 is 23.0. The Balaban J connectivity index is 1.25. The normalized spacial score (nSPS) is 11.8. The van der Waals surface area contributed by atoms with Crippen LogP contribution in [0.4, 0.5) is 0 Å². The molecule has 0 bridgehead atoms. The lowest BCUT2D eigenvalue weighted by molar-refractivity contribution is -0.118. The van der Waals surface area contributed by atoms with Crippen LogP contribution in [0.5, 0.6) is 5.75 Å². The molecule has 0 radical (unpaired) electrons. The van der Waals surface area contributed by atoms with Crippen LogP contribution in [-0.2, 0) is 43.4 Å². The highest BCUT2D eigenvalue weighted by atomic mass is 32.1. The highest BCUT2D eigenvalue weighted by molar-refractivity contribution is 7.13. The van der Waals surface area contributed by atoms with Crippen LogP contribution in [0.2, 0.25) is 0 Å². The van der Waals surface area contributed by atoms with E-state index in [9.17, 15) is 9.59 Å². The molecule has 0 spiro atoms. The number of primary amides is 1. The molecule has 0 saturated carbocycles. The summed E-state index contributed by atoms with van der Waals surface area (Å²) in [6.45, 7) is 5.75. The van der Waals surface area contributed by atoms with Gasteiger partial charge in [-0.2, -0.15) is 0 Å². The predicted octanol–water partition coefficient (Wildman–Crippen LogP) is 3.52. The molecular weight excluding hydrogens is 556 g/mol. The molecule has 3 rings (SSSR count). The van der Waals surface area contributed by atoms with Gasteiger partial charge in [0.1, 0.15) is 12.4 Å². The molecule has 0 saturated heterocycles. The quantitative estimate of drug-likeness (QED) is 0.118. The summed E-state index contributed by atoms with van der Waals surface area (Å²) in [7, 11) is 0. The van der Waals surface area contributed by atoms with Crippen LogP contribution in [0.15, 0.2) is 48.0 Å². The number of carbonyl (C=O) groups excluding carboxylic acids is 2. The van der Waals surface area contributed by atoms with Crippen molar-refractivity contribution in [1.29, 1.82) is 0 Å². The molecule has 1 aromatic heterocycles. The molecule has 1 unspecified atom stereocenters. The fourth-order valence-corrected chi connectivity index (χ4v) is 4.96. The van der Waals surface area contributed by atoms with Crippen molar-refractivity contribution in [1.82, 2.24) is 10.3 Å². The number of nitrogens with two attached hydrogens (primary N) is 2. The molecule has 0 aliphatic carbocycles. The van der Waals surface area contributed by atoms with Crippen LogP contribution < -0.4 is 21.5 Å². The first-order chi connectivity index (χ1) is 20.5. The molecule has 1 atom stereocenters. The maximum atomic E-state index is 10.8. The van der Waals surface area contributed by atoms with Gasteiger partial charge < -0.3 is 35.7 Å². The Morgan fingerprint density at radius 3 is 2.48 bits per heavy atom. The largest absolute Gasteiger partial charge is 0.491 e. The maximum Gasteiger partial charge on any atom is 0.217 e. The average molecular weight is 599 g/mol. The molecule has 0 aliphatic heterocycles. The molecule has 0 fully saturated rings. The van der Waals surface area contributed by atoms with E-state index in [1.165, 1.54) is 5.56 Å². The minimum Gasteiger partial charge on any atom is -0.491 e. The Morgan fingerprint density at radius 2 is 1.76 bits per heavy atom.